The smallest absolute Gasteiger partial charge is 0.142 e. The molecule has 6 aromatic rings. The molecule has 0 amide bonds. The molecule has 0 radical (unpaired) electrons. The maximum atomic E-state index is 5.73. The number of halogens is 1. The van der Waals surface area contributed by atoms with E-state index in [1.165, 1.54) is 75.6 Å². The highest BCUT2D eigenvalue weighted by molar-refractivity contribution is 6.33. The van der Waals surface area contributed by atoms with Crippen LogP contribution in [-0.2, 0) is 13.1 Å². The Morgan fingerprint density at radius 2 is 1.22 bits per heavy atom. The predicted molar refractivity (Wildman–Crippen MR) is 205 cm³/mol. The van der Waals surface area contributed by atoms with Gasteiger partial charge in [0.1, 0.15) is 34.9 Å². The summed E-state index contributed by atoms with van der Waals surface area (Å²) in [4.78, 5) is 30.7. The third-order valence-corrected chi connectivity index (χ3v) is 11.2. The van der Waals surface area contributed by atoms with Crippen LogP contribution in [0.5, 0.6) is 0 Å². The van der Waals surface area contributed by atoms with Crippen LogP contribution >= 0.6 is 11.6 Å². The zero-order valence-electron chi connectivity index (χ0n) is 29.1. The summed E-state index contributed by atoms with van der Waals surface area (Å²) in [5.74, 6) is 1.08. The van der Waals surface area contributed by atoms with Crippen molar-refractivity contribution in [2.45, 2.75) is 62.7 Å². The van der Waals surface area contributed by atoms with Gasteiger partial charge in [0, 0.05) is 69.3 Å². The highest BCUT2D eigenvalue weighted by Crippen LogP contribution is 2.45. The van der Waals surface area contributed by atoms with Gasteiger partial charge in [0.05, 0.1) is 10.8 Å². The van der Waals surface area contributed by atoms with Crippen molar-refractivity contribution in [2.24, 2.45) is 0 Å². The fraction of sp³-hybridized carbons (Fsp3) is 0.400. The molecule has 2 saturated heterocycles. The molecule has 2 aromatic carbocycles. The largest absolute Gasteiger partial charge is 0.354 e. The third kappa shape index (κ3) is 7.79. The molecule has 11 heteroatoms. The second-order valence-electron chi connectivity index (χ2n) is 14.4. The first-order chi connectivity index (χ1) is 25.1. The van der Waals surface area contributed by atoms with Crippen LogP contribution in [0, 0.1) is 0 Å². The summed E-state index contributed by atoms with van der Waals surface area (Å²) in [5, 5.41) is 6.07. The molecule has 6 heterocycles. The van der Waals surface area contributed by atoms with E-state index in [0.717, 1.165) is 60.6 Å². The number of fused-ring (bicyclic) bond motifs is 2. The van der Waals surface area contributed by atoms with Crippen molar-refractivity contribution in [1.29, 1.82) is 0 Å². The van der Waals surface area contributed by atoms with Gasteiger partial charge in [0.15, 0.2) is 0 Å². The van der Waals surface area contributed by atoms with Crippen molar-refractivity contribution in [3.05, 3.63) is 114 Å². The zero-order chi connectivity index (χ0) is 34.5. The van der Waals surface area contributed by atoms with Crippen molar-refractivity contribution in [2.75, 3.05) is 44.2 Å². The number of aromatic amines is 2. The van der Waals surface area contributed by atoms with Gasteiger partial charge in [-0.25, -0.2) is 19.9 Å². The van der Waals surface area contributed by atoms with Crippen LogP contribution in [0.25, 0.3) is 22.1 Å². The first kappa shape index (κ1) is 33.8. The standard InChI is InChI=1S/C20H23N5.C14H20N2.C6H4ClN3/c1-2-5-16(6-3-1)13-25-12-4-11-24(14-20(25)8-9-20)19-17-7-10-21-18(17)22-15-23-19;1-2-5-13(6-3-1)11-16-10-4-9-15-12-14(16)7-8-14;7-5-4-1-2-8-6(4)10-3-9-5/h1-3,5-7,10,15H,4,8-9,11-14H2,(H,21,22,23);1-3,5-6,15H,4,7-12H2;1-3H,(H,8,9,10). The van der Waals surface area contributed by atoms with Crippen LogP contribution in [0.2, 0.25) is 5.15 Å². The Morgan fingerprint density at radius 3 is 1.86 bits per heavy atom. The number of anilines is 1. The van der Waals surface area contributed by atoms with Crippen molar-refractivity contribution in [1.82, 2.24) is 45.0 Å². The molecule has 10 nitrogen and oxygen atoms in total. The SMILES string of the molecule is Clc1ncnc2[nH]ccc12.c1ccc(CN2CCCN(c3ncnc4[nH]ccc34)CC23CC3)cc1.c1ccc(CN2CCCNCC23CC3)cc1. The minimum absolute atomic E-state index is 0.319. The molecule has 264 valence electrons. The maximum absolute atomic E-state index is 5.73. The molecule has 2 aliphatic carbocycles. The van der Waals surface area contributed by atoms with Gasteiger partial charge in [-0.1, -0.05) is 72.3 Å². The molecule has 4 fully saturated rings. The lowest BCUT2D eigenvalue weighted by atomic mass is 10.1. The van der Waals surface area contributed by atoms with Crippen molar-refractivity contribution >= 4 is 39.5 Å². The minimum atomic E-state index is 0.319. The maximum Gasteiger partial charge on any atom is 0.142 e. The average molecular weight is 703 g/mol. The van der Waals surface area contributed by atoms with Crippen LogP contribution in [0.1, 0.15) is 49.7 Å². The Morgan fingerprint density at radius 1 is 0.627 bits per heavy atom. The van der Waals surface area contributed by atoms with E-state index in [1.807, 2.05) is 12.3 Å². The number of benzene rings is 2. The molecule has 0 atom stereocenters. The zero-order valence-corrected chi connectivity index (χ0v) is 29.9. The third-order valence-electron chi connectivity index (χ3n) is 10.9. The number of hydrogen-bond donors (Lipinski definition) is 3. The fourth-order valence-electron chi connectivity index (χ4n) is 7.78. The summed E-state index contributed by atoms with van der Waals surface area (Å²) in [5.41, 5.74) is 5.40. The van der Waals surface area contributed by atoms with Gasteiger partial charge in [-0.15, -0.1) is 0 Å². The molecule has 4 aliphatic rings. The summed E-state index contributed by atoms with van der Waals surface area (Å²) in [6, 6.07) is 25.7. The van der Waals surface area contributed by atoms with Gasteiger partial charge in [0.2, 0.25) is 0 Å². The second kappa shape index (κ2) is 15.1. The Bertz CT molecular complexity index is 2000. The van der Waals surface area contributed by atoms with Crippen molar-refractivity contribution in [3.63, 3.8) is 0 Å². The van der Waals surface area contributed by atoms with Gasteiger partial charge in [-0.3, -0.25) is 9.80 Å². The van der Waals surface area contributed by atoms with Crippen LogP contribution in [0.15, 0.2) is 97.8 Å². The molecule has 0 unspecified atom stereocenters. The summed E-state index contributed by atoms with van der Waals surface area (Å²) < 4.78 is 0. The summed E-state index contributed by atoms with van der Waals surface area (Å²) >= 11 is 5.73. The van der Waals surface area contributed by atoms with E-state index in [0.29, 0.717) is 16.2 Å². The Balaban J connectivity index is 0.000000122. The average Bonchev–Trinajstić information content (AvgIpc) is 4.05. The molecular formula is C40H47ClN10. The number of aromatic nitrogens is 6. The monoisotopic (exact) mass is 702 g/mol. The number of nitrogens with zero attached hydrogens (tertiary/aromatic N) is 7. The van der Waals surface area contributed by atoms with Crippen molar-refractivity contribution in [3.8, 4) is 0 Å². The molecule has 3 N–H and O–H groups in total. The summed E-state index contributed by atoms with van der Waals surface area (Å²) in [6.45, 7) is 9.10. The quantitative estimate of drug-likeness (QED) is 0.168. The normalized spacial score (nSPS) is 19.5. The molecule has 10 rings (SSSR count). The number of hydrogen-bond acceptors (Lipinski definition) is 8. The molecule has 51 heavy (non-hydrogen) atoms. The van der Waals surface area contributed by atoms with E-state index in [4.69, 9.17) is 11.6 Å². The van der Waals surface area contributed by atoms with Gasteiger partial charge < -0.3 is 20.2 Å². The van der Waals surface area contributed by atoms with Crippen molar-refractivity contribution < 1.29 is 0 Å². The topological polar surface area (TPSA) is 105 Å². The molecule has 0 bridgehead atoms. The predicted octanol–water partition coefficient (Wildman–Crippen LogP) is 6.83. The van der Waals surface area contributed by atoms with E-state index in [-0.39, 0.29) is 0 Å². The van der Waals surface area contributed by atoms with Gasteiger partial charge in [0.25, 0.3) is 0 Å². The number of rotatable bonds is 5. The lowest BCUT2D eigenvalue weighted by Crippen LogP contribution is -2.43. The molecular weight excluding hydrogens is 656 g/mol. The number of H-pyrrole nitrogens is 2. The van der Waals surface area contributed by atoms with Crippen LogP contribution in [0.4, 0.5) is 5.82 Å². The van der Waals surface area contributed by atoms with Gasteiger partial charge >= 0.3 is 0 Å². The van der Waals surface area contributed by atoms with Crippen LogP contribution in [0.3, 0.4) is 0 Å². The molecule has 2 spiro atoms. The Hall–Kier alpha value is -4.35. The summed E-state index contributed by atoms with van der Waals surface area (Å²) in [7, 11) is 0. The van der Waals surface area contributed by atoms with E-state index >= 15 is 0 Å². The Labute approximate surface area is 304 Å². The highest BCUT2D eigenvalue weighted by atomic mass is 35.5. The molecule has 2 saturated carbocycles. The van der Waals surface area contributed by atoms with E-state index < -0.39 is 0 Å². The fourth-order valence-corrected chi connectivity index (χ4v) is 7.97. The lowest BCUT2D eigenvalue weighted by Gasteiger charge is -2.32. The summed E-state index contributed by atoms with van der Waals surface area (Å²) in [6.07, 6.45) is 14.6. The highest BCUT2D eigenvalue weighted by Gasteiger charge is 2.50. The van der Waals surface area contributed by atoms with Gasteiger partial charge in [-0.2, -0.15) is 0 Å². The van der Waals surface area contributed by atoms with E-state index in [9.17, 15) is 0 Å². The first-order valence-electron chi connectivity index (χ1n) is 18.4. The number of nitrogens with one attached hydrogen (secondary N) is 3. The lowest BCUT2D eigenvalue weighted by molar-refractivity contribution is 0.181. The Kier molecular flexibility index (Phi) is 10.00. The first-order valence-corrected chi connectivity index (χ1v) is 18.7. The van der Waals surface area contributed by atoms with E-state index in [1.54, 1.807) is 12.5 Å². The van der Waals surface area contributed by atoms with E-state index in [2.05, 4.69) is 117 Å². The van der Waals surface area contributed by atoms with Crippen LogP contribution in [-0.4, -0.2) is 90.1 Å². The van der Waals surface area contributed by atoms with Gasteiger partial charge in [-0.05, 0) is 68.3 Å². The molecule has 4 aromatic heterocycles. The van der Waals surface area contributed by atoms with Crippen LogP contribution < -0.4 is 10.2 Å². The molecule has 2 aliphatic heterocycles. The second-order valence-corrected chi connectivity index (χ2v) is 14.8. The minimum Gasteiger partial charge on any atom is -0.354 e.